The monoisotopic (exact) mass is 278 g/mol. The molecule has 4 heteroatoms. The summed E-state index contributed by atoms with van der Waals surface area (Å²) in [6.45, 7) is 2.95. The summed E-state index contributed by atoms with van der Waals surface area (Å²) in [6.07, 6.45) is 3.43. The van der Waals surface area contributed by atoms with Gasteiger partial charge in [0, 0.05) is 17.6 Å². The van der Waals surface area contributed by atoms with E-state index in [0.717, 1.165) is 29.9 Å². The quantitative estimate of drug-likeness (QED) is 0.624. The third-order valence-corrected chi connectivity index (χ3v) is 3.96. The van der Waals surface area contributed by atoms with Crippen molar-refractivity contribution < 1.29 is 14.3 Å². The molecule has 19 heavy (non-hydrogen) atoms. The molecule has 0 N–H and O–H groups in total. The van der Waals surface area contributed by atoms with Gasteiger partial charge in [0.2, 0.25) is 0 Å². The van der Waals surface area contributed by atoms with Crippen molar-refractivity contribution in [2.24, 2.45) is 0 Å². The molecule has 1 heterocycles. The highest BCUT2D eigenvalue weighted by molar-refractivity contribution is 8.00. The van der Waals surface area contributed by atoms with Gasteiger partial charge in [0.05, 0.1) is 6.61 Å². The Balaban J connectivity index is 2.05. The van der Waals surface area contributed by atoms with Crippen LogP contribution in [0.15, 0.2) is 46.9 Å². The van der Waals surface area contributed by atoms with Crippen molar-refractivity contribution in [3.8, 4) is 0 Å². The number of hydrogen-bond donors (Lipinski definition) is 0. The number of esters is 1. The van der Waals surface area contributed by atoms with Gasteiger partial charge in [-0.05, 0) is 37.5 Å². The minimum atomic E-state index is -0.276. The number of rotatable bonds is 4. The van der Waals surface area contributed by atoms with Crippen LogP contribution in [0.4, 0.5) is 0 Å². The van der Waals surface area contributed by atoms with Crippen molar-refractivity contribution in [1.29, 1.82) is 0 Å². The molecule has 1 atom stereocenters. The van der Waals surface area contributed by atoms with E-state index < -0.39 is 0 Å². The van der Waals surface area contributed by atoms with Crippen molar-refractivity contribution in [1.82, 2.24) is 0 Å². The lowest BCUT2D eigenvalue weighted by Crippen LogP contribution is -2.20. The minimum absolute atomic E-state index is 0.0828. The molecule has 1 aromatic rings. The van der Waals surface area contributed by atoms with Crippen LogP contribution in [-0.2, 0) is 14.3 Å². The van der Waals surface area contributed by atoms with E-state index in [1.165, 1.54) is 0 Å². The Hall–Kier alpha value is -1.26. The largest absolute Gasteiger partial charge is 0.463 e. The highest BCUT2D eigenvalue weighted by atomic mass is 32.2. The molecule has 3 nitrogen and oxygen atoms in total. The van der Waals surface area contributed by atoms with E-state index in [0.29, 0.717) is 6.61 Å². The highest BCUT2D eigenvalue weighted by Crippen LogP contribution is 2.33. The van der Waals surface area contributed by atoms with Gasteiger partial charge in [-0.15, -0.1) is 0 Å². The van der Waals surface area contributed by atoms with Crippen molar-refractivity contribution in [2.75, 3.05) is 13.2 Å². The zero-order chi connectivity index (χ0) is 13.5. The molecular formula is C15H18O3S. The second kappa shape index (κ2) is 7.36. The number of carbonyl (C=O) groups excluding carboxylic acids is 1. The molecule has 0 saturated carbocycles. The van der Waals surface area contributed by atoms with Crippen LogP contribution in [0.3, 0.4) is 0 Å². The first-order valence-electron chi connectivity index (χ1n) is 6.50. The number of carbonyl (C=O) groups is 1. The SMILES string of the molecule is CCOC(=O)/C=C1\CCCOC1Sc1ccccc1. The fourth-order valence-corrected chi connectivity index (χ4v) is 2.96. The molecule has 1 aromatic carbocycles. The van der Waals surface area contributed by atoms with Crippen LogP contribution in [-0.4, -0.2) is 24.6 Å². The highest BCUT2D eigenvalue weighted by Gasteiger charge is 2.21. The van der Waals surface area contributed by atoms with E-state index in [-0.39, 0.29) is 11.4 Å². The molecule has 2 rings (SSSR count). The van der Waals surface area contributed by atoms with Gasteiger partial charge in [0.1, 0.15) is 5.44 Å². The lowest BCUT2D eigenvalue weighted by Gasteiger charge is -2.25. The van der Waals surface area contributed by atoms with Crippen LogP contribution < -0.4 is 0 Å². The van der Waals surface area contributed by atoms with Crippen molar-refractivity contribution in [3.05, 3.63) is 42.0 Å². The summed E-state index contributed by atoms with van der Waals surface area (Å²) < 4.78 is 10.7. The van der Waals surface area contributed by atoms with Gasteiger partial charge < -0.3 is 9.47 Å². The van der Waals surface area contributed by atoms with Gasteiger partial charge in [0.15, 0.2) is 0 Å². The first-order chi connectivity index (χ1) is 9.29. The molecule has 102 valence electrons. The maximum absolute atomic E-state index is 11.5. The Kier molecular flexibility index (Phi) is 5.48. The molecule has 0 bridgehead atoms. The van der Waals surface area contributed by atoms with E-state index in [4.69, 9.17) is 9.47 Å². The summed E-state index contributed by atoms with van der Waals surface area (Å²) >= 11 is 1.63. The van der Waals surface area contributed by atoms with Crippen LogP contribution in [0.1, 0.15) is 19.8 Å². The Bertz CT molecular complexity index is 442. The van der Waals surface area contributed by atoms with Gasteiger partial charge in [-0.3, -0.25) is 0 Å². The van der Waals surface area contributed by atoms with Crippen LogP contribution in [0.5, 0.6) is 0 Å². The van der Waals surface area contributed by atoms with Crippen LogP contribution >= 0.6 is 11.8 Å². The molecule has 0 aromatic heterocycles. The van der Waals surface area contributed by atoms with E-state index >= 15 is 0 Å². The van der Waals surface area contributed by atoms with Gasteiger partial charge in [-0.1, -0.05) is 30.0 Å². The third-order valence-electron chi connectivity index (χ3n) is 2.76. The standard InChI is InChI=1S/C15H18O3S/c1-2-17-14(16)11-12-7-6-10-18-15(12)19-13-8-4-3-5-9-13/h3-5,8-9,11,15H,2,6-7,10H2,1H3/b12-11+. The van der Waals surface area contributed by atoms with E-state index in [1.807, 2.05) is 37.3 Å². The minimum Gasteiger partial charge on any atom is -0.463 e. The second-order valence-corrected chi connectivity index (χ2v) is 5.34. The maximum Gasteiger partial charge on any atom is 0.330 e. The Morgan fingerprint density at radius 2 is 2.26 bits per heavy atom. The summed E-state index contributed by atoms with van der Waals surface area (Å²) in [5.41, 5.74) is 0.930. The zero-order valence-corrected chi connectivity index (χ0v) is 11.8. The van der Waals surface area contributed by atoms with Crippen molar-refractivity contribution in [2.45, 2.75) is 30.1 Å². The molecular weight excluding hydrogens is 260 g/mol. The molecule has 1 unspecified atom stereocenters. The Labute approximate surface area is 118 Å². The lowest BCUT2D eigenvalue weighted by atomic mass is 10.1. The van der Waals surface area contributed by atoms with Crippen LogP contribution in [0.2, 0.25) is 0 Å². The normalized spacial score (nSPS) is 21.3. The summed E-state index contributed by atoms with van der Waals surface area (Å²) in [7, 11) is 0. The average Bonchev–Trinajstić information content (AvgIpc) is 2.42. The molecule has 1 fully saturated rings. The van der Waals surface area contributed by atoms with Gasteiger partial charge in [0.25, 0.3) is 0 Å². The van der Waals surface area contributed by atoms with E-state index in [2.05, 4.69) is 0 Å². The van der Waals surface area contributed by atoms with Crippen molar-refractivity contribution in [3.63, 3.8) is 0 Å². The molecule has 1 aliphatic heterocycles. The Morgan fingerprint density at radius 1 is 1.47 bits per heavy atom. The number of hydrogen-bond acceptors (Lipinski definition) is 4. The molecule has 0 radical (unpaired) electrons. The molecule has 0 amide bonds. The van der Waals surface area contributed by atoms with Crippen LogP contribution in [0, 0.1) is 0 Å². The first-order valence-corrected chi connectivity index (χ1v) is 7.38. The van der Waals surface area contributed by atoms with Gasteiger partial charge >= 0.3 is 5.97 Å². The van der Waals surface area contributed by atoms with Gasteiger partial charge in [-0.25, -0.2) is 4.79 Å². The zero-order valence-electron chi connectivity index (χ0n) is 11.0. The number of benzene rings is 1. The summed E-state index contributed by atoms with van der Waals surface area (Å²) in [5, 5.41) is 0. The predicted molar refractivity (Wildman–Crippen MR) is 76.0 cm³/mol. The van der Waals surface area contributed by atoms with E-state index in [9.17, 15) is 4.79 Å². The number of ether oxygens (including phenoxy) is 2. The fourth-order valence-electron chi connectivity index (χ4n) is 1.90. The number of thioether (sulfide) groups is 1. The second-order valence-electron chi connectivity index (χ2n) is 4.21. The fraction of sp³-hybridized carbons (Fsp3) is 0.400. The summed E-state index contributed by atoms with van der Waals surface area (Å²) in [6, 6.07) is 10.1. The Morgan fingerprint density at radius 3 is 3.00 bits per heavy atom. The molecule has 1 aliphatic rings. The average molecular weight is 278 g/mol. The summed E-state index contributed by atoms with van der Waals surface area (Å²) in [5.74, 6) is -0.276. The summed E-state index contributed by atoms with van der Waals surface area (Å²) in [4.78, 5) is 12.7. The molecule has 1 saturated heterocycles. The molecule has 0 spiro atoms. The first kappa shape index (κ1) is 14.2. The van der Waals surface area contributed by atoms with Crippen molar-refractivity contribution >= 4 is 17.7 Å². The predicted octanol–water partition coefficient (Wildman–Crippen LogP) is 3.40. The van der Waals surface area contributed by atoms with E-state index in [1.54, 1.807) is 17.8 Å². The van der Waals surface area contributed by atoms with Gasteiger partial charge in [-0.2, -0.15) is 0 Å². The smallest absolute Gasteiger partial charge is 0.330 e. The topological polar surface area (TPSA) is 35.5 Å². The maximum atomic E-state index is 11.5. The lowest BCUT2D eigenvalue weighted by molar-refractivity contribution is -0.137. The third kappa shape index (κ3) is 4.40. The molecule has 0 aliphatic carbocycles. The van der Waals surface area contributed by atoms with Crippen LogP contribution in [0.25, 0.3) is 0 Å².